The van der Waals surface area contributed by atoms with Crippen molar-refractivity contribution in [2.24, 2.45) is 28.6 Å². The summed E-state index contributed by atoms with van der Waals surface area (Å²) in [6.07, 6.45) is 2.81. The molecule has 4 saturated carbocycles. The average molecular weight is 479 g/mol. The van der Waals surface area contributed by atoms with Crippen LogP contribution < -0.4 is 0 Å². The molecular formula is C26H38O8. The van der Waals surface area contributed by atoms with Crippen LogP contribution in [0.4, 0.5) is 0 Å². The van der Waals surface area contributed by atoms with Gasteiger partial charge in [0.25, 0.3) is 0 Å². The first-order chi connectivity index (χ1) is 15.9. The molecule has 8 heteroatoms. The second-order valence-corrected chi connectivity index (χ2v) is 12.7. The molecule has 4 aliphatic carbocycles. The van der Waals surface area contributed by atoms with Gasteiger partial charge in [0.05, 0.1) is 41.5 Å². The Hall–Kier alpha value is -1.03. The van der Waals surface area contributed by atoms with Gasteiger partial charge in [-0.05, 0) is 63.4 Å². The number of cyclic esters (lactones) is 1. The molecule has 0 amide bonds. The summed E-state index contributed by atoms with van der Waals surface area (Å²) in [5.74, 6) is -1.91. The Labute approximate surface area is 200 Å². The Bertz CT molecular complexity index is 932. The van der Waals surface area contributed by atoms with Gasteiger partial charge in [-0.2, -0.15) is 0 Å². The number of hydrogen-bond donors (Lipinski definition) is 4. The average Bonchev–Trinajstić information content (AvgIpc) is 3.26. The van der Waals surface area contributed by atoms with E-state index in [2.05, 4.69) is 0 Å². The van der Waals surface area contributed by atoms with Crippen molar-refractivity contribution >= 4 is 5.97 Å². The lowest BCUT2D eigenvalue weighted by Gasteiger charge is -2.70. The molecule has 1 spiro atoms. The van der Waals surface area contributed by atoms with Gasteiger partial charge in [-0.1, -0.05) is 6.92 Å². The number of fused-ring (bicyclic) bond motifs is 3. The van der Waals surface area contributed by atoms with E-state index < -0.39 is 52.0 Å². The van der Waals surface area contributed by atoms with Crippen LogP contribution in [0.15, 0.2) is 11.6 Å². The van der Waals surface area contributed by atoms with Crippen LogP contribution in [0.5, 0.6) is 0 Å². The predicted molar refractivity (Wildman–Crippen MR) is 119 cm³/mol. The molecule has 190 valence electrons. The van der Waals surface area contributed by atoms with Gasteiger partial charge in [-0.3, -0.25) is 0 Å². The third-order valence-corrected chi connectivity index (χ3v) is 10.8. The molecule has 0 aromatic rings. The maximum Gasteiger partial charge on any atom is 0.331 e. The van der Waals surface area contributed by atoms with E-state index >= 15 is 0 Å². The smallest absolute Gasteiger partial charge is 0.331 e. The molecule has 0 radical (unpaired) electrons. The molecule has 0 unspecified atom stereocenters. The van der Waals surface area contributed by atoms with Gasteiger partial charge >= 0.3 is 5.97 Å². The maximum atomic E-state index is 12.4. The Morgan fingerprint density at radius 3 is 2.53 bits per heavy atom. The molecular weight excluding hydrogens is 440 g/mol. The Kier molecular flexibility index (Phi) is 4.84. The number of hydrogen-bond acceptors (Lipinski definition) is 8. The van der Waals surface area contributed by atoms with Crippen molar-refractivity contribution in [3.63, 3.8) is 0 Å². The topological polar surface area (TPSA) is 126 Å². The molecule has 1 saturated heterocycles. The number of rotatable bonds is 1. The lowest BCUT2D eigenvalue weighted by Crippen LogP contribution is -2.78. The SMILES string of the molecule is CC1(C)OC[C@@]23[C@H]4[C@H](O)C[C@]5(C)[C@@H](C6=CC(=O)OC6)CC[C@@]5(O)[C@@H]4CC[C@@]2(O)C[C@H](O)C[C@@H]3O1. The van der Waals surface area contributed by atoms with Crippen molar-refractivity contribution in [1.29, 1.82) is 0 Å². The summed E-state index contributed by atoms with van der Waals surface area (Å²) in [5, 5.41) is 46.9. The van der Waals surface area contributed by atoms with E-state index in [1.165, 1.54) is 0 Å². The minimum atomic E-state index is -1.25. The monoisotopic (exact) mass is 478 g/mol. The van der Waals surface area contributed by atoms with Crippen LogP contribution in [-0.2, 0) is 19.0 Å². The van der Waals surface area contributed by atoms with Crippen molar-refractivity contribution in [3.8, 4) is 0 Å². The van der Waals surface area contributed by atoms with Gasteiger partial charge in [0.2, 0.25) is 0 Å². The lowest BCUT2D eigenvalue weighted by atomic mass is 9.40. The van der Waals surface area contributed by atoms with Crippen molar-refractivity contribution < 1.29 is 39.4 Å². The van der Waals surface area contributed by atoms with Crippen molar-refractivity contribution in [3.05, 3.63) is 11.6 Å². The van der Waals surface area contributed by atoms with Gasteiger partial charge in [-0.25, -0.2) is 4.79 Å². The lowest BCUT2D eigenvalue weighted by molar-refractivity contribution is -0.401. The third kappa shape index (κ3) is 2.78. The molecule has 0 bridgehead atoms. The molecule has 8 nitrogen and oxygen atoms in total. The first kappa shape index (κ1) is 23.4. The van der Waals surface area contributed by atoms with Crippen LogP contribution in [-0.4, -0.2) is 74.9 Å². The largest absolute Gasteiger partial charge is 0.458 e. The van der Waals surface area contributed by atoms with Gasteiger partial charge < -0.3 is 34.6 Å². The molecule has 6 aliphatic rings. The summed E-state index contributed by atoms with van der Waals surface area (Å²) in [4.78, 5) is 11.8. The van der Waals surface area contributed by atoms with Gasteiger partial charge in [0.1, 0.15) is 6.61 Å². The van der Waals surface area contributed by atoms with Crippen molar-refractivity contribution in [2.75, 3.05) is 13.2 Å². The quantitative estimate of drug-likeness (QED) is 0.417. The molecule has 2 aliphatic heterocycles. The van der Waals surface area contributed by atoms with Crippen LogP contribution in [0.25, 0.3) is 0 Å². The molecule has 2 heterocycles. The van der Waals surface area contributed by atoms with Crippen molar-refractivity contribution in [2.45, 2.75) is 101 Å². The summed E-state index contributed by atoms with van der Waals surface area (Å²) in [7, 11) is 0. The number of aliphatic hydroxyl groups is 4. The van der Waals surface area contributed by atoms with E-state index in [9.17, 15) is 25.2 Å². The molecule has 34 heavy (non-hydrogen) atoms. The summed E-state index contributed by atoms with van der Waals surface area (Å²) in [6.45, 7) is 6.19. The van der Waals surface area contributed by atoms with E-state index in [1.54, 1.807) is 6.08 Å². The number of carbonyl (C=O) groups is 1. The summed E-state index contributed by atoms with van der Waals surface area (Å²) in [5.41, 5.74) is -2.92. The minimum absolute atomic E-state index is 0.0420. The highest BCUT2D eigenvalue weighted by molar-refractivity contribution is 5.85. The number of carbonyl (C=O) groups excluding carboxylic acids is 1. The highest BCUT2D eigenvalue weighted by Crippen LogP contribution is 2.71. The second-order valence-electron chi connectivity index (χ2n) is 12.7. The van der Waals surface area contributed by atoms with Crippen LogP contribution >= 0.6 is 0 Å². The zero-order valence-corrected chi connectivity index (χ0v) is 20.3. The highest BCUT2D eigenvalue weighted by atomic mass is 16.7. The van der Waals surface area contributed by atoms with E-state index in [0.717, 1.165) is 12.0 Å². The molecule has 0 aromatic heterocycles. The molecule has 0 aromatic carbocycles. The normalized spacial score (nSPS) is 56.0. The third-order valence-electron chi connectivity index (χ3n) is 10.8. The van der Waals surface area contributed by atoms with Crippen LogP contribution in [0.3, 0.4) is 0 Å². The Morgan fingerprint density at radius 2 is 1.82 bits per heavy atom. The van der Waals surface area contributed by atoms with Crippen LogP contribution in [0.2, 0.25) is 0 Å². The zero-order chi connectivity index (χ0) is 24.3. The molecule has 5 fully saturated rings. The molecule has 6 rings (SSSR count). The Balaban J connectivity index is 1.43. The first-order valence-corrected chi connectivity index (χ1v) is 12.9. The van der Waals surface area contributed by atoms with E-state index in [4.69, 9.17) is 14.2 Å². The van der Waals surface area contributed by atoms with Crippen molar-refractivity contribution in [1.82, 2.24) is 0 Å². The van der Waals surface area contributed by atoms with E-state index in [1.807, 2.05) is 20.8 Å². The number of aliphatic hydroxyl groups excluding tert-OH is 2. The fourth-order valence-electron chi connectivity index (χ4n) is 9.45. The fraction of sp³-hybridized carbons (Fsp3) is 0.885. The van der Waals surface area contributed by atoms with Gasteiger partial charge in [0, 0.05) is 30.3 Å². The second kappa shape index (κ2) is 7.05. The van der Waals surface area contributed by atoms with Gasteiger partial charge in [0.15, 0.2) is 5.79 Å². The minimum Gasteiger partial charge on any atom is -0.458 e. The first-order valence-electron chi connectivity index (χ1n) is 12.9. The predicted octanol–water partition coefficient (Wildman–Crippen LogP) is 1.43. The zero-order valence-electron chi connectivity index (χ0n) is 20.3. The Morgan fingerprint density at radius 1 is 1.06 bits per heavy atom. The maximum absolute atomic E-state index is 12.4. The summed E-state index contributed by atoms with van der Waals surface area (Å²) >= 11 is 0. The highest BCUT2D eigenvalue weighted by Gasteiger charge is 2.76. The van der Waals surface area contributed by atoms with E-state index in [-0.39, 0.29) is 37.4 Å². The van der Waals surface area contributed by atoms with E-state index in [0.29, 0.717) is 32.1 Å². The molecule has 10 atom stereocenters. The van der Waals surface area contributed by atoms with Crippen LogP contribution in [0, 0.1) is 28.6 Å². The fourth-order valence-corrected chi connectivity index (χ4v) is 9.45. The summed E-state index contributed by atoms with van der Waals surface area (Å²) in [6, 6.07) is 0. The number of esters is 1. The standard InChI is InChI=1S/C26H38O8/c1-22(2)33-13-25-19(34-22)9-15(27)10-24(25,30)6-4-17-21(25)18(28)11-23(3)16(5-7-26(17,23)31)14-8-20(29)32-12-14/h8,15-19,21,27-28,30-31H,4-7,9-13H2,1-3H3/t15-,16-,17-,18-,19+,21-,23-,24-,25-,26-/m1/s1. The summed E-state index contributed by atoms with van der Waals surface area (Å²) < 4.78 is 17.7. The molecule has 4 N–H and O–H groups in total. The van der Waals surface area contributed by atoms with Gasteiger partial charge in [-0.15, -0.1) is 0 Å². The number of ether oxygens (including phenoxy) is 3. The van der Waals surface area contributed by atoms with Crippen LogP contribution in [0.1, 0.15) is 65.7 Å².